The van der Waals surface area contributed by atoms with Gasteiger partial charge in [0.05, 0.1) is 0 Å². The molecule has 1 aromatic rings. The fraction of sp³-hybridized carbons (Fsp3) is 0.533. The number of carbonyl (C=O) groups excluding carboxylic acids is 1. The Balaban J connectivity index is 1.77. The van der Waals surface area contributed by atoms with Crippen molar-refractivity contribution in [2.45, 2.75) is 25.4 Å². The van der Waals surface area contributed by atoms with Gasteiger partial charge in [0, 0.05) is 17.5 Å². The van der Waals surface area contributed by atoms with Gasteiger partial charge in [-0.25, -0.2) is 0 Å². The summed E-state index contributed by atoms with van der Waals surface area (Å²) < 4.78 is 6.05. The highest BCUT2D eigenvalue weighted by atomic mass is 16.5. The fourth-order valence-corrected chi connectivity index (χ4v) is 3.19. The van der Waals surface area contributed by atoms with Crippen molar-refractivity contribution in [2.75, 3.05) is 20.1 Å². The number of nitrogens with two attached hydrogens (primary N) is 1. The quantitative estimate of drug-likeness (QED) is 0.875. The van der Waals surface area contributed by atoms with Crippen LogP contribution in [0.3, 0.4) is 0 Å². The van der Waals surface area contributed by atoms with Crippen molar-refractivity contribution in [3.63, 3.8) is 0 Å². The number of piperidine rings is 1. The zero-order valence-electron chi connectivity index (χ0n) is 11.3. The predicted octanol–water partition coefficient (Wildman–Crippen LogP) is 1.43. The Bertz CT molecular complexity index is 493. The first-order chi connectivity index (χ1) is 9.15. The second-order valence-electron chi connectivity index (χ2n) is 5.65. The number of fused-ring (bicyclic) bond motifs is 1. The number of rotatable bonds is 2. The Morgan fingerprint density at radius 1 is 1.37 bits per heavy atom. The van der Waals surface area contributed by atoms with Gasteiger partial charge in [0.1, 0.15) is 11.9 Å². The van der Waals surface area contributed by atoms with Crippen LogP contribution in [0.2, 0.25) is 0 Å². The molecule has 2 aliphatic heterocycles. The van der Waals surface area contributed by atoms with Crippen LogP contribution < -0.4 is 10.5 Å². The minimum Gasteiger partial charge on any atom is -0.489 e. The molecule has 102 valence electrons. The van der Waals surface area contributed by atoms with E-state index in [9.17, 15) is 4.79 Å². The van der Waals surface area contributed by atoms with Crippen LogP contribution in [0.15, 0.2) is 18.2 Å². The largest absolute Gasteiger partial charge is 0.489 e. The number of carbonyl (C=O) groups is 1. The van der Waals surface area contributed by atoms with Gasteiger partial charge in [-0.3, -0.25) is 4.79 Å². The van der Waals surface area contributed by atoms with Gasteiger partial charge < -0.3 is 15.4 Å². The number of likely N-dealkylation sites (tertiary alicyclic amines) is 1. The van der Waals surface area contributed by atoms with E-state index >= 15 is 0 Å². The lowest BCUT2D eigenvalue weighted by molar-refractivity contribution is 0.0997. The molecule has 1 aromatic carbocycles. The highest BCUT2D eigenvalue weighted by molar-refractivity contribution is 5.95. The Morgan fingerprint density at radius 3 is 2.79 bits per heavy atom. The third kappa shape index (κ3) is 2.32. The molecule has 0 aromatic heterocycles. The average Bonchev–Trinajstić information content (AvgIpc) is 2.82. The molecular formula is C15H20N2O2. The zero-order chi connectivity index (χ0) is 13.4. The number of amides is 1. The van der Waals surface area contributed by atoms with E-state index < -0.39 is 0 Å². The number of hydrogen-bond acceptors (Lipinski definition) is 3. The summed E-state index contributed by atoms with van der Waals surface area (Å²) in [5.74, 6) is 1.08. The lowest BCUT2D eigenvalue weighted by Gasteiger charge is -2.32. The van der Waals surface area contributed by atoms with Crippen molar-refractivity contribution in [3.8, 4) is 5.75 Å². The third-order valence-corrected chi connectivity index (χ3v) is 4.37. The maximum atomic E-state index is 11.4. The van der Waals surface area contributed by atoms with Crippen molar-refractivity contribution in [3.05, 3.63) is 29.3 Å². The summed E-state index contributed by atoms with van der Waals surface area (Å²) >= 11 is 0. The zero-order valence-corrected chi connectivity index (χ0v) is 11.3. The molecule has 2 heterocycles. The summed E-state index contributed by atoms with van der Waals surface area (Å²) in [6.45, 7) is 2.26. The van der Waals surface area contributed by atoms with E-state index in [4.69, 9.17) is 10.5 Å². The van der Waals surface area contributed by atoms with E-state index in [0.717, 1.165) is 30.8 Å². The second kappa shape index (κ2) is 4.85. The molecule has 19 heavy (non-hydrogen) atoms. The van der Waals surface area contributed by atoms with Gasteiger partial charge in [0.25, 0.3) is 0 Å². The molecule has 0 spiro atoms. The highest BCUT2D eigenvalue weighted by Gasteiger charge is 2.33. The standard InChI is InChI=1S/C15H20N2O2/c1-17-7-5-10(6-8-17)14-9-12-11(15(16)18)3-2-4-13(12)19-14/h2-4,10,14H,5-9H2,1H3,(H2,16,18). The van der Waals surface area contributed by atoms with Gasteiger partial charge >= 0.3 is 0 Å². The minimum atomic E-state index is -0.357. The van der Waals surface area contributed by atoms with Crippen molar-refractivity contribution in [1.82, 2.24) is 4.90 Å². The number of benzene rings is 1. The van der Waals surface area contributed by atoms with Gasteiger partial charge in [-0.15, -0.1) is 0 Å². The van der Waals surface area contributed by atoms with Crippen molar-refractivity contribution >= 4 is 5.91 Å². The van der Waals surface area contributed by atoms with Crippen LogP contribution in [0.1, 0.15) is 28.8 Å². The molecule has 0 bridgehead atoms. The maximum Gasteiger partial charge on any atom is 0.249 e. The van der Waals surface area contributed by atoms with E-state index in [0.29, 0.717) is 11.5 Å². The van der Waals surface area contributed by atoms with Gasteiger partial charge in [0.2, 0.25) is 5.91 Å². The summed E-state index contributed by atoms with van der Waals surface area (Å²) in [7, 11) is 2.16. The Kier molecular flexibility index (Phi) is 3.19. The molecule has 4 nitrogen and oxygen atoms in total. The fourth-order valence-electron chi connectivity index (χ4n) is 3.19. The minimum absolute atomic E-state index is 0.212. The molecule has 1 amide bonds. The molecule has 2 aliphatic rings. The predicted molar refractivity (Wildman–Crippen MR) is 73.3 cm³/mol. The average molecular weight is 260 g/mol. The van der Waals surface area contributed by atoms with Crippen molar-refractivity contribution < 1.29 is 9.53 Å². The molecular weight excluding hydrogens is 240 g/mol. The maximum absolute atomic E-state index is 11.4. The van der Waals surface area contributed by atoms with Crippen LogP contribution in [0.5, 0.6) is 5.75 Å². The van der Waals surface area contributed by atoms with Crippen molar-refractivity contribution in [2.24, 2.45) is 11.7 Å². The molecule has 0 saturated carbocycles. The first-order valence-electron chi connectivity index (χ1n) is 6.92. The lowest BCUT2D eigenvalue weighted by Crippen LogP contribution is -2.37. The van der Waals surface area contributed by atoms with E-state index in [1.165, 1.54) is 12.8 Å². The van der Waals surface area contributed by atoms with Crippen molar-refractivity contribution in [1.29, 1.82) is 0 Å². The number of ether oxygens (including phenoxy) is 1. The molecule has 2 N–H and O–H groups in total. The summed E-state index contributed by atoms with van der Waals surface area (Å²) in [5.41, 5.74) is 7.05. The number of hydrogen-bond donors (Lipinski definition) is 1. The highest BCUT2D eigenvalue weighted by Crippen LogP contribution is 2.36. The van der Waals surface area contributed by atoms with Gasteiger partial charge in [-0.2, -0.15) is 0 Å². The molecule has 0 radical (unpaired) electrons. The molecule has 1 atom stereocenters. The van der Waals surface area contributed by atoms with E-state index in [2.05, 4.69) is 11.9 Å². The molecule has 4 heteroatoms. The summed E-state index contributed by atoms with van der Waals surface area (Å²) in [6.07, 6.45) is 3.37. The molecule has 1 fully saturated rings. The van der Waals surface area contributed by atoms with Crippen LogP contribution >= 0.6 is 0 Å². The van der Waals surface area contributed by atoms with Crippen LogP contribution in [-0.4, -0.2) is 37.0 Å². The summed E-state index contributed by atoms with van der Waals surface area (Å²) in [6, 6.07) is 5.58. The van der Waals surface area contributed by atoms with E-state index in [-0.39, 0.29) is 12.0 Å². The Labute approximate surface area is 113 Å². The van der Waals surface area contributed by atoms with Gasteiger partial charge in [-0.1, -0.05) is 6.07 Å². The number of nitrogens with zero attached hydrogens (tertiary/aromatic N) is 1. The van der Waals surface area contributed by atoms with Crippen LogP contribution in [0.25, 0.3) is 0 Å². The SMILES string of the molecule is CN1CCC(C2Cc3c(cccc3C(N)=O)O2)CC1. The topological polar surface area (TPSA) is 55.6 Å². The monoisotopic (exact) mass is 260 g/mol. The normalized spacial score (nSPS) is 23.9. The summed E-state index contributed by atoms with van der Waals surface area (Å²) in [4.78, 5) is 13.8. The number of primary amides is 1. The van der Waals surface area contributed by atoms with Crippen LogP contribution in [0.4, 0.5) is 0 Å². The molecule has 3 rings (SSSR count). The summed E-state index contributed by atoms with van der Waals surface area (Å²) in [5, 5.41) is 0. The first-order valence-corrected chi connectivity index (χ1v) is 6.92. The van der Waals surface area contributed by atoms with E-state index in [1.54, 1.807) is 6.07 Å². The van der Waals surface area contributed by atoms with E-state index in [1.807, 2.05) is 12.1 Å². The van der Waals surface area contributed by atoms with Gasteiger partial charge in [0.15, 0.2) is 0 Å². The molecule has 1 unspecified atom stereocenters. The Hall–Kier alpha value is -1.55. The molecule has 0 aliphatic carbocycles. The van der Waals surface area contributed by atoms with Crippen LogP contribution in [0, 0.1) is 5.92 Å². The lowest BCUT2D eigenvalue weighted by atomic mass is 9.88. The first kappa shape index (κ1) is 12.5. The van der Waals surface area contributed by atoms with Crippen LogP contribution in [-0.2, 0) is 6.42 Å². The van der Waals surface area contributed by atoms with Gasteiger partial charge in [-0.05, 0) is 51.0 Å². The third-order valence-electron chi connectivity index (χ3n) is 4.37. The second-order valence-corrected chi connectivity index (χ2v) is 5.65. The molecule has 1 saturated heterocycles. The smallest absolute Gasteiger partial charge is 0.249 e. The Morgan fingerprint density at radius 2 is 2.11 bits per heavy atom.